The molecule has 0 saturated carbocycles. The molecular weight excluding hydrogens is 332 g/mol. The van der Waals surface area contributed by atoms with Crippen molar-refractivity contribution >= 4 is 33.8 Å². The maximum Gasteiger partial charge on any atom is 0.221 e. The van der Waals surface area contributed by atoms with Gasteiger partial charge in [-0.3, -0.25) is 9.69 Å². The van der Waals surface area contributed by atoms with Crippen LogP contribution in [0.25, 0.3) is 21.5 Å². The zero-order chi connectivity index (χ0) is 17.2. The van der Waals surface area contributed by atoms with Gasteiger partial charge >= 0.3 is 0 Å². The van der Waals surface area contributed by atoms with Gasteiger partial charge in [0, 0.05) is 17.5 Å². The van der Waals surface area contributed by atoms with Gasteiger partial charge in [0.1, 0.15) is 4.83 Å². The summed E-state index contributed by atoms with van der Waals surface area (Å²) in [6, 6.07) is 10.3. The number of thiophene rings is 1. The highest BCUT2D eigenvalue weighted by molar-refractivity contribution is 7.20. The lowest BCUT2D eigenvalue weighted by Gasteiger charge is -2.26. The summed E-state index contributed by atoms with van der Waals surface area (Å²) in [6.07, 6.45) is 4.79. The molecule has 1 fully saturated rings. The smallest absolute Gasteiger partial charge is 0.221 e. The Hall–Kier alpha value is -2.31. The molecule has 4 rings (SSSR count). The van der Waals surface area contributed by atoms with E-state index in [1.54, 1.807) is 0 Å². The maximum absolute atomic E-state index is 11.1. The predicted octanol–water partition coefficient (Wildman–Crippen LogP) is 3.74. The number of aldehydes is 1. The third kappa shape index (κ3) is 3.41. The molecule has 0 bridgehead atoms. The molecule has 0 unspecified atom stereocenters. The molecule has 128 valence electrons. The van der Waals surface area contributed by atoms with E-state index in [1.807, 2.05) is 6.07 Å². The third-order valence-electron chi connectivity index (χ3n) is 4.63. The monoisotopic (exact) mass is 352 g/mol. The number of piperidine rings is 1. The summed E-state index contributed by atoms with van der Waals surface area (Å²) in [5.41, 5.74) is 8.95. The van der Waals surface area contributed by atoms with E-state index in [4.69, 9.17) is 5.73 Å². The summed E-state index contributed by atoms with van der Waals surface area (Å²) in [4.78, 5) is 23.6. The highest BCUT2D eigenvalue weighted by atomic mass is 32.1. The van der Waals surface area contributed by atoms with E-state index >= 15 is 0 Å². The van der Waals surface area contributed by atoms with Gasteiger partial charge in [0.15, 0.2) is 6.29 Å². The standard InChI is InChI=1S/C19H20N4OS/c20-19-21-17(16-10-15(12-24)25-18(16)22-19)14-6-4-13(5-7-14)11-23-8-2-1-3-9-23/h4-7,10,12H,1-3,8-9,11H2,(H2,20,21,22). The lowest BCUT2D eigenvalue weighted by Crippen LogP contribution is -2.28. The Morgan fingerprint density at radius 3 is 2.60 bits per heavy atom. The highest BCUT2D eigenvalue weighted by Gasteiger charge is 2.13. The molecule has 6 heteroatoms. The zero-order valence-corrected chi connectivity index (χ0v) is 14.8. The minimum Gasteiger partial charge on any atom is -0.368 e. The zero-order valence-electron chi connectivity index (χ0n) is 13.9. The molecule has 0 amide bonds. The predicted molar refractivity (Wildman–Crippen MR) is 102 cm³/mol. The van der Waals surface area contributed by atoms with Gasteiger partial charge in [-0.1, -0.05) is 30.7 Å². The molecule has 5 nitrogen and oxygen atoms in total. The van der Waals surface area contributed by atoms with Gasteiger partial charge in [-0.2, -0.15) is 0 Å². The Morgan fingerprint density at radius 2 is 1.88 bits per heavy atom. The molecule has 1 aliphatic heterocycles. The number of likely N-dealkylation sites (tertiary alicyclic amines) is 1. The van der Waals surface area contributed by atoms with Crippen molar-refractivity contribution in [2.24, 2.45) is 0 Å². The second kappa shape index (κ2) is 6.90. The number of nitrogen functional groups attached to an aromatic ring is 1. The van der Waals surface area contributed by atoms with Crippen LogP contribution in [-0.4, -0.2) is 34.2 Å². The fourth-order valence-electron chi connectivity index (χ4n) is 3.38. The van der Waals surface area contributed by atoms with Crippen LogP contribution in [0.4, 0.5) is 5.95 Å². The van der Waals surface area contributed by atoms with Crippen molar-refractivity contribution in [2.75, 3.05) is 18.8 Å². The van der Waals surface area contributed by atoms with Crippen molar-refractivity contribution in [3.05, 3.63) is 40.8 Å². The molecule has 2 N–H and O–H groups in total. The molecular formula is C19H20N4OS. The Balaban J connectivity index is 1.64. The Morgan fingerprint density at radius 1 is 1.12 bits per heavy atom. The fraction of sp³-hybridized carbons (Fsp3) is 0.316. The number of carbonyl (C=O) groups is 1. The van der Waals surface area contributed by atoms with Crippen molar-refractivity contribution in [3.63, 3.8) is 0 Å². The number of nitrogens with two attached hydrogens (primary N) is 1. The minimum atomic E-state index is 0.235. The molecule has 0 aliphatic carbocycles. The summed E-state index contributed by atoms with van der Waals surface area (Å²) >= 11 is 1.34. The number of benzene rings is 1. The Kier molecular flexibility index (Phi) is 4.46. The Bertz CT molecular complexity index is 898. The van der Waals surface area contributed by atoms with Gasteiger partial charge in [-0.15, -0.1) is 11.3 Å². The topological polar surface area (TPSA) is 72.1 Å². The van der Waals surface area contributed by atoms with Crippen LogP contribution < -0.4 is 5.73 Å². The van der Waals surface area contributed by atoms with Crippen LogP contribution in [0, 0.1) is 0 Å². The van der Waals surface area contributed by atoms with E-state index in [-0.39, 0.29) is 5.95 Å². The van der Waals surface area contributed by atoms with Gasteiger partial charge in [-0.05, 0) is 37.6 Å². The summed E-state index contributed by atoms with van der Waals surface area (Å²) in [6.45, 7) is 3.37. The van der Waals surface area contributed by atoms with Crippen LogP contribution in [0.3, 0.4) is 0 Å². The Labute approximate surface area is 150 Å². The van der Waals surface area contributed by atoms with Crippen molar-refractivity contribution in [1.82, 2.24) is 14.9 Å². The SMILES string of the molecule is Nc1nc(-c2ccc(CN3CCCCC3)cc2)c2cc(C=O)sc2n1. The second-order valence-corrected chi connectivity index (χ2v) is 7.51. The summed E-state index contributed by atoms with van der Waals surface area (Å²) in [7, 11) is 0. The lowest BCUT2D eigenvalue weighted by atomic mass is 10.1. The molecule has 3 heterocycles. The molecule has 1 saturated heterocycles. The number of rotatable bonds is 4. The average Bonchev–Trinajstić information content (AvgIpc) is 3.05. The van der Waals surface area contributed by atoms with Crippen LogP contribution in [0.15, 0.2) is 30.3 Å². The van der Waals surface area contributed by atoms with Crippen molar-refractivity contribution in [3.8, 4) is 11.3 Å². The number of hydrogen-bond donors (Lipinski definition) is 1. The molecule has 0 atom stereocenters. The van der Waals surface area contributed by atoms with E-state index < -0.39 is 0 Å². The third-order valence-corrected chi connectivity index (χ3v) is 5.58. The molecule has 25 heavy (non-hydrogen) atoms. The van der Waals surface area contributed by atoms with E-state index in [1.165, 1.54) is 49.3 Å². The van der Waals surface area contributed by atoms with Crippen molar-refractivity contribution < 1.29 is 4.79 Å². The number of anilines is 1. The van der Waals surface area contributed by atoms with Crippen molar-refractivity contribution in [1.29, 1.82) is 0 Å². The van der Waals surface area contributed by atoms with E-state index in [0.717, 1.165) is 34.3 Å². The highest BCUT2D eigenvalue weighted by Crippen LogP contribution is 2.32. The first-order valence-electron chi connectivity index (χ1n) is 8.57. The van der Waals surface area contributed by atoms with Crippen molar-refractivity contribution in [2.45, 2.75) is 25.8 Å². The maximum atomic E-state index is 11.1. The van der Waals surface area contributed by atoms with E-state index in [0.29, 0.717) is 4.88 Å². The van der Waals surface area contributed by atoms with Crippen LogP contribution in [-0.2, 0) is 6.54 Å². The number of carbonyl (C=O) groups excluding carboxylic acids is 1. The van der Waals surface area contributed by atoms with Gasteiger partial charge in [0.2, 0.25) is 5.95 Å². The van der Waals surface area contributed by atoms with Crippen LogP contribution in [0.2, 0.25) is 0 Å². The molecule has 2 aromatic heterocycles. The number of aromatic nitrogens is 2. The largest absolute Gasteiger partial charge is 0.368 e. The first-order valence-corrected chi connectivity index (χ1v) is 9.38. The summed E-state index contributed by atoms with van der Waals surface area (Å²) < 4.78 is 0. The first-order chi connectivity index (χ1) is 12.2. The number of hydrogen-bond acceptors (Lipinski definition) is 6. The minimum absolute atomic E-state index is 0.235. The lowest BCUT2D eigenvalue weighted by molar-refractivity contribution is 0.112. The summed E-state index contributed by atoms with van der Waals surface area (Å²) in [5.74, 6) is 0.235. The van der Waals surface area contributed by atoms with Gasteiger partial charge < -0.3 is 5.73 Å². The first kappa shape index (κ1) is 16.2. The van der Waals surface area contributed by atoms with Gasteiger partial charge in [0.25, 0.3) is 0 Å². The molecule has 0 spiro atoms. The molecule has 1 aliphatic rings. The van der Waals surface area contributed by atoms with Crippen LogP contribution >= 0.6 is 11.3 Å². The fourth-order valence-corrected chi connectivity index (χ4v) is 4.23. The van der Waals surface area contributed by atoms with Crippen LogP contribution in [0.5, 0.6) is 0 Å². The number of fused-ring (bicyclic) bond motifs is 1. The quantitative estimate of drug-likeness (QED) is 0.724. The number of nitrogens with zero attached hydrogens (tertiary/aromatic N) is 3. The van der Waals surface area contributed by atoms with E-state index in [2.05, 4.69) is 39.1 Å². The normalized spacial score (nSPS) is 15.5. The molecule has 0 radical (unpaired) electrons. The van der Waals surface area contributed by atoms with Gasteiger partial charge in [0.05, 0.1) is 10.6 Å². The van der Waals surface area contributed by atoms with Gasteiger partial charge in [-0.25, -0.2) is 9.97 Å². The molecule has 3 aromatic rings. The van der Waals surface area contributed by atoms with Crippen LogP contribution in [0.1, 0.15) is 34.5 Å². The molecule has 1 aromatic carbocycles. The average molecular weight is 352 g/mol. The summed E-state index contributed by atoms with van der Waals surface area (Å²) in [5, 5.41) is 0.880. The van der Waals surface area contributed by atoms with E-state index in [9.17, 15) is 4.79 Å². The second-order valence-electron chi connectivity index (χ2n) is 6.45.